The van der Waals surface area contributed by atoms with Crippen LogP contribution in [-0.4, -0.2) is 18.4 Å². The molecule has 0 aliphatic rings. The lowest BCUT2D eigenvalue weighted by Gasteiger charge is -2.09. The van der Waals surface area contributed by atoms with Gasteiger partial charge in [-0.3, -0.25) is 9.59 Å². The van der Waals surface area contributed by atoms with Gasteiger partial charge in [-0.1, -0.05) is 34.1 Å². The number of aryl methyl sites for hydroxylation is 3. The van der Waals surface area contributed by atoms with Crippen LogP contribution >= 0.6 is 15.9 Å². The summed E-state index contributed by atoms with van der Waals surface area (Å²) in [4.78, 5) is 24.4. The SMILES string of the molecule is Cc1ccc(Br)cc1NC(=O)CCNC(=O)Cc1coc2c(C)c(C)ccc12. The molecule has 2 aromatic carbocycles. The molecule has 0 radical (unpaired) electrons. The Kier molecular flexibility index (Phi) is 6.19. The monoisotopic (exact) mass is 442 g/mol. The quantitative estimate of drug-likeness (QED) is 0.575. The summed E-state index contributed by atoms with van der Waals surface area (Å²) in [5.41, 5.74) is 5.67. The molecule has 0 spiro atoms. The predicted molar refractivity (Wildman–Crippen MR) is 115 cm³/mol. The molecule has 0 atom stereocenters. The molecule has 0 unspecified atom stereocenters. The number of halogens is 1. The molecule has 0 aliphatic carbocycles. The van der Waals surface area contributed by atoms with Gasteiger partial charge in [0.05, 0.1) is 12.7 Å². The lowest BCUT2D eigenvalue weighted by Crippen LogP contribution is -2.28. The van der Waals surface area contributed by atoms with Crippen LogP contribution in [0.2, 0.25) is 0 Å². The zero-order valence-corrected chi connectivity index (χ0v) is 17.8. The minimum absolute atomic E-state index is 0.132. The summed E-state index contributed by atoms with van der Waals surface area (Å²) < 4.78 is 6.55. The Morgan fingerprint density at radius 3 is 2.57 bits per heavy atom. The van der Waals surface area contributed by atoms with Crippen LogP contribution in [0, 0.1) is 20.8 Å². The number of rotatable bonds is 6. The van der Waals surface area contributed by atoms with Gasteiger partial charge in [0.2, 0.25) is 11.8 Å². The Hall–Kier alpha value is -2.60. The summed E-state index contributed by atoms with van der Waals surface area (Å²) in [7, 11) is 0. The normalized spacial score (nSPS) is 10.9. The Morgan fingerprint density at radius 2 is 1.79 bits per heavy atom. The van der Waals surface area contributed by atoms with E-state index in [-0.39, 0.29) is 31.2 Å². The molecule has 2 N–H and O–H groups in total. The highest BCUT2D eigenvalue weighted by atomic mass is 79.9. The molecule has 0 saturated carbocycles. The molecule has 3 rings (SSSR count). The van der Waals surface area contributed by atoms with Crippen molar-refractivity contribution in [2.75, 3.05) is 11.9 Å². The van der Waals surface area contributed by atoms with Crippen molar-refractivity contribution < 1.29 is 14.0 Å². The molecule has 1 heterocycles. The fourth-order valence-electron chi connectivity index (χ4n) is 3.02. The molecule has 0 bridgehead atoms. The molecule has 1 aromatic heterocycles. The first-order chi connectivity index (χ1) is 13.3. The van der Waals surface area contributed by atoms with E-state index in [1.165, 1.54) is 0 Å². The van der Waals surface area contributed by atoms with Crippen LogP contribution in [0.5, 0.6) is 0 Å². The number of hydrogen-bond donors (Lipinski definition) is 2. The van der Waals surface area contributed by atoms with Crippen LogP contribution in [0.3, 0.4) is 0 Å². The predicted octanol–water partition coefficient (Wildman–Crippen LogP) is 4.81. The van der Waals surface area contributed by atoms with Crippen LogP contribution in [0.15, 0.2) is 45.5 Å². The maximum Gasteiger partial charge on any atom is 0.226 e. The third kappa shape index (κ3) is 4.62. The lowest BCUT2D eigenvalue weighted by atomic mass is 10.0. The van der Waals surface area contributed by atoms with E-state index in [0.717, 1.165) is 43.4 Å². The van der Waals surface area contributed by atoms with E-state index in [9.17, 15) is 9.59 Å². The average Bonchev–Trinajstić information content (AvgIpc) is 3.04. The Balaban J connectivity index is 1.51. The van der Waals surface area contributed by atoms with E-state index in [1.54, 1.807) is 6.26 Å². The van der Waals surface area contributed by atoms with Crippen molar-refractivity contribution in [1.29, 1.82) is 0 Å². The number of benzene rings is 2. The first kappa shape index (κ1) is 20.1. The number of hydrogen-bond acceptors (Lipinski definition) is 3. The number of carbonyl (C=O) groups is 2. The standard InChI is InChI=1S/C22H23BrN2O3/c1-13-5-7-18-16(12-28-22(18)15(13)3)10-21(27)24-9-8-20(26)25-19-11-17(23)6-4-14(19)2/h4-7,11-12H,8-10H2,1-3H3,(H,24,27)(H,25,26). The summed E-state index contributed by atoms with van der Waals surface area (Å²) in [6.45, 7) is 6.26. The smallest absolute Gasteiger partial charge is 0.226 e. The van der Waals surface area contributed by atoms with Crippen LogP contribution < -0.4 is 10.6 Å². The molecule has 2 amide bonds. The van der Waals surface area contributed by atoms with Gasteiger partial charge in [-0.2, -0.15) is 0 Å². The minimum Gasteiger partial charge on any atom is -0.464 e. The molecule has 0 saturated heterocycles. The van der Waals surface area contributed by atoms with Gasteiger partial charge in [-0.15, -0.1) is 0 Å². The molecule has 146 valence electrons. The number of furan rings is 1. The first-order valence-corrected chi connectivity index (χ1v) is 9.93. The third-order valence-corrected chi connectivity index (χ3v) is 5.33. The zero-order chi connectivity index (χ0) is 20.3. The van der Waals surface area contributed by atoms with E-state index in [4.69, 9.17) is 4.42 Å². The lowest BCUT2D eigenvalue weighted by molar-refractivity contribution is -0.120. The van der Waals surface area contributed by atoms with Crippen LogP contribution in [0.4, 0.5) is 5.69 Å². The summed E-state index contributed by atoms with van der Waals surface area (Å²) in [6, 6.07) is 9.73. The van der Waals surface area contributed by atoms with Crippen molar-refractivity contribution in [3.05, 3.63) is 63.3 Å². The van der Waals surface area contributed by atoms with Crippen molar-refractivity contribution in [3.8, 4) is 0 Å². The fourth-order valence-corrected chi connectivity index (χ4v) is 3.38. The largest absolute Gasteiger partial charge is 0.464 e. The van der Waals surface area contributed by atoms with Crippen molar-refractivity contribution in [2.24, 2.45) is 0 Å². The molecule has 6 heteroatoms. The summed E-state index contributed by atoms with van der Waals surface area (Å²) in [5, 5.41) is 6.63. The number of nitrogens with one attached hydrogen (secondary N) is 2. The highest BCUT2D eigenvalue weighted by molar-refractivity contribution is 9.10. The molecular formula is C22H23BrN2O3. The van der Waals surface area contributed by atoms with Gasteiger partial charge in [-0.05, 0) is 49.6 Å². The van der Waals surface area contributed by atoms with Crippen molar-refractivity contribution in [3.63, 3.8) is 0 Å². The highest BCUT2D eigenvalue weighted by Gasteiger charge is 2.13. The van der Waals surface area contributed by atoms with Gasteiger partial charge >= 0.3 is 0 Å². The number of carbonyl (C=O) groups excluding carboxylic acids is 2. The summed E-state index contributed by atoms with van der Waals surface area (Å²) >= 11 is 3.40. The Labute approximate surface area is 172 Å². The maximum atomic E-state index is 12.3. The fraction of sp³-hybridized carbons (Fsp3) is 0.273. The zero-order valence-electron chi connectivity index (χ0n) is 16.2. The number of fused-ring (bicyclic) bond motifs is 1. The first-order valence-electron chi connectivity index (χ1n) is 9.14. The van der Waals surface area contributed by atoms with E-state index >= 15 is 0 Å². The van der Waals surface area contributed by atoms with E-state index in [0.29, 0.717) is 0 Å². The molecular weight excluding hydrogens is 420 g/mol. The second-order valence-corrected chi connectivity index (χ2v) is 7.84. The van der Waals surface area contributed by atoms with E-state index in [2.05, 4.69) is 26.6 Å². The molecule has 28 heavy (non-hydrogen) atoms. The Bertz CT molecular complexity index is 1040. The second kappa shape index (κ2) is 8.61. The van der Waals surface area contributed by atoms with Crippen molar-refractivity contribution in [1.82, 2.24) is 5.32 Å². The number of anilines is 1. The number of amides is 2. The molecule has 0 aliphatic heterocycles. The molecule has 3 aromatic rings. The van der Waals surface area contributed by atoms with Gasteiger partial charge in [0.25, 0.3) is 0 Å². The van der Waals surface area contributed by atoms with Crippen LogP contribution in [-0.2, 0) is 16.0 Å². The molecule has 5 nitrogen and oxygen atoms in total. The molecule has 0 fully saturated rings. The van der Waals surface area contributed by atoms with Crippen molar-refractivity contribution >= 4 is 44.4 Å². The van der Waals surface area contributed by atoms with Gasteiger partial charge in [0, 0.05) is 34.1 Å². The van der Waals surface area contributed by atoms with E-state index in [1.807, 2.05) is 51.1 Å². The second-order valence-electron chi connectivity index (χ2n) is 6.93. The van der Waals surface area contributed by atoms with Gasteiger partial charge in [0.1, 0.15) is 5.58 Å². The van der Waals surface area contributed by atoms with Crippen LogP contribution in [0.1, 0.15) is 28.7 Å². The van der Waals surface area contributed by atoms with E-state index < -0.39 is 0 Å². The van der Waals surface area contributed by atoms with Crippen molar-refractivity contribution in [2.45, 2.75) is 33.6 Å². The maximum absolute atomic E-state index is 12.3. The van der Waals surface area contributed by atoms with Gasteiger partial charge in [-0.25, -0.2) is 0 Å². The third-order valence-electron chi connectivity index (χ3n) is 4.84. The van der Waals surface area contributed by atoms with Crippen LogP contribution in [0.25, 0.3) is 11.0 Å². The van der Waals surface area contributed by atoms with Gasteiger partial charge < -0.3 is 15.1 Å². The van der Waals surface area contributed by atoms with Gasteiger partial charge in [0.15, 0.2) is 0 Å². The Morgan fingerprint density at radius 1 is 1.04 bits per heavy atom. The average molecular weight is 443 g/mol. The minimum atomic E-state index is -0.138. The summed E-state index contributed by atoms with van der Waals surface area (Å²) in [5.74, 6) is -0.270. The highest BCUT2D eigenvalue weighted by Crippen LogP contribution is 2.26. The topological polar surface area (TPSA) is 71.3 Å². The summed E-state index contributed by atoms with van der Waals surface area (Å²) in [6.07, 6.45) is 2.07.